The summed E-state index contributed by atoms with van der Waals surface area (Å²) in [4.78, 5) is 0. The molecule has 0 atom stereocenters. The van der Waals surface area contributed by atoms with Crippen molar-refractivity contribution in [3.63, 3.8) is 0 Å². The van der Waals surface area contributed by atoms with Gasteiger partial charge in [-0.05, 0) is 65.1 Å². The summed E-state index contributed by atoms with van der Waals surface area (Å²) < 4.78 is 6.84. The van der Waals surface area contributed by atoms with Gasteiger partial charge in [0, 0.05) is 14.2 Å². The van der Waals surface area contributed by atoms with Gasteiger partial charge in [-0.1, -0.05) is 11.6 Å². The number of rotatable bonds is 3. The topological polar surface area (TPSA) is 29.5 Å². The Hall–Kier alpha value is -0.780. The molecule has 0 aliphatic heterocycles. The van der Waals surface area contributed by atoms with Crippen LogP contribution in [0.4, 0.5) is 0 Å². The molecule has 2 aromatic carbocycles. The van der Waals surface area contributed by atoms with Crippen molar-refractivity contribution < 1.29 is 9.84 Å². The molecule has 0 saturated carbocycles. The first kappa shape index (κ1) is 12.7. The Labute approximate surface area is 118 Å². The van der Waals surface area contributed by atoms with Crippen LogP contribution < -0.4 is 4.74 Å². The van der Waals surface area contributed by atoms with E-state index in [4.69, 9.17) is 16.3 Å². The van der Waals surface area contributed by atoms with Gasteiger partial charge in [0.2, 0.25) is 0 Å². The van der Waals surface area contributed by atoms with Gasteiger partial charge in [0.25, 0.3) is 0 Å². The normalized spacial score (nSPS) is 10.3. The van der Waals surface area contributed by atoms with E-state index in [0.717, 1.165) is 9.32 Å². The molecule has 0 bridgehead atoms. The molecular weight excluding hydrogens is 350 g/mol. The van der Waals surface area contributed by atoms with Crippen LogP contribution in [0.3, 0.4) is 0 Å². The van der Waals surface area contributed by atoms with E-state index in [1.807, 2.05) is 24.3 Å². The minimum atomic E-state index is -0.0970. The zero-order valence-electron chi connectivity index (χ0n) is 8.86. The van der Waals surface area contributed by atoms with Crippen LogP contribution in [0, 0.1) is 3.57 Å². The molecule has 2 rings (SSSR count). The van der Waals surface area contributed by atoms with Gasteiger partial charge < -0.3 is 9.84 Å². The molecule has 1 N–H and O–H groups in total. The lowest BCUT2D eigenvalue weighted by atomic mass is 10.2. The first-order valence-corrected chi connectivity index (χ1v) is 6.47. The molecule has 0 aliphatic rings. The molecule has 2 nitrogen and oxygen atoms in total. The molecule has 17 heavy (non-hydrogen) atoms. The summed E-state index contributed by atoms with van der Waals surface area (Å²) in [6.07, 6.45) is 0. The van der Waals surface area contributed by atoms with E-state index < -0.39 is 0 Å². The van der Waals surface area contributed by atoms with Gasteiger partial charge >= 0.3 is 0 Å². The van der Waals surface area contributed by atoms with E-state index in [0.29, 0.717) is 16.3 Å². The minimum absolute atomic E-state index is 0.0970. The molecule has 0 aromatic heterocycles. The number of aliphatic hydroxyl groups is 1. The fraction of sp³-hybridized carbons (Fsp3) is 0.0769. The molecule has 2 aromatic rings. The van der Waals surface area contributed by atoms with Gasteiger partial charge in [0.05, 0.1) is 6.61 Å². The lowest BCUT2D eigenvalue weighted by Gasteiger charge is -2.10. The van der Waals surface area contributed by atoms with Gasteiger partial charge in [0.1, 0.15) is 11.5 Å². The molecule has 0 saturated heterocycles. The van der Waals surface area contributed by atoms with E-state index in [2.05, 4.69) is 22.6 Å². The summed E-state index contributed by atoms with van der Waals surface area (Å²) in [5, 5.41) is 9.81. The fourth-order valence-electron chi connectivity index (χ4n) is 1.40. The van der Waals surface area contributed by atoms with Crippen molar-refractivity contribution in [2.24, 2.45) is 0 Å². The fourth-order valence-corrected chi connectivity index (χ4v) is 1.96. The zero-order valence-corrected chi connectivity index (χ0v) is 11.8. The molecule has 0 aliphatic carbocycles. The number of benzene rings is 2. The summed E-state index contributed by atoms with van der Waals surface area (Å²) in [6.45, 7) is -0.0970. The van der Waals surface area contributed by atoms with Crippen molar-refractivity contribution in [1.82, 2.24) is 0 Å². The number of aliphatic hydroxyl groups excluding tert-OH is 1. The maximum absolute atomic E-state index is 9.23. The van der Waals surface area contributed by atoms with Crippen molar-refractivity contribution >= 4 is 34.2 Å². The molecule has 0 unspecified atom stereocenters. The third kappa shape index (κ3) is 3.34. The summed E-state index contributed by atoms with van der Waals surface area (Å²) >= 11 is 8.08. The SMILES string of the molecule is OCc1cc(Cl)ccc1Oc1ccc(I)cc1. The van der Waals surface area contributed by atoms with E-state index >= 15 is 0 Å². The zero-order chi connectivity index (χ0) is 12.3. The predicted octanol–water partition coefficient (Wildman–Crippen LogP) is 4.23. The minimum Gasteiger partial charge on any atom is -0.457 e. The Balaban J connectivity index is 2.26. The molecule has 88 valence electrons. The van der Waals surface area contributed by atoms with Crippen LogP contribution in [-0.4, -0.2) is 5.11 Å². The second-order valence-corrected chi connectivity index (χ2v) is 5.15. The number of ether oxygens (including phenoxy) is 1. The van der Waals surface area contributed by atoms with Crippen LogP contribution in [-0.2, 0) is 6.61 Å². The van der Waals surface area contributed by atoms with Crippen molar-refractivity contribution in [3.05, 3.63) is 56.6 Å². The van der Waals surface area contributed by atoms with Crippen molar-refractivity contribution in [3.8, 4) is 11.5 Å². The van der Waals surface area contributed by atoms with Crippen molar-refractivity contribution in [2.45, 2.75) is 6.61 Å². The third-order valence-corrected chi connectivity index (χ3v) is 3.19. The quantitative estimate of drug-likeness (QED) is 0.830. The van der Waals surface area contributed by atoms with Gasteiger partial charge in [-0.15, -0.1) is 0 Å². The van der Waals surface area contributed by atoms with E-state index in [-0.39, 0.29) is 6.61 Å². The third-order valence-electron chi connectivity index (χ3n) is 2.23. The van der Waals surface area contributed by atoms with Gasteiger partial charge in [-0.2, -0.15) is 0 Å². The molecule has 0 spiro atoms. The van der Waals surface area contributed by atoms with Crippen LogP contribution in [0.5, 0.6) is 11.5 Å². The highest BCUT2D eigenvalue weighted by atomic mass is 127. The molecule has 0 amide bonds. The molecule has 0 heterocycles. The Morgan fingerprint density at radius 2 is 1.82 bits per heavy atom. The van der Waals surface area contributed by atoms with Gasteiger partial charge in [0.15, 0.2) is 0 Å². The van der Waals surface area contributed by atoms with E-state index in [9.17, 15) is 5.11 Å². The van der Waals surface area contributed by atoms with Crippen LogP contribution in [0.1, 0.15) is 5.56 Å². The number of halogens is 2. The first-order valence-electron chi connectivity index (χ1n) is 5.02. The van der Waals surface area contributed by atoms with E-state index in [1.54, 1.807) is 18.2 Å². The summed E-state index contributed by atoms with van der Waals surface area (Å²) in [5.41, 5.74) is 0.677. The Morgan fingerprint density at radius 3 is 2.47 bits per heavy atom. The lowest BCUT2D eigenvalue weighted by molar-refractivity contribution is 0.276. The van der Waals surface area contributed by atoms with Crippen LogP contribution in [0.2, 0.25) is 5.02 Å². The van der Waals surface area contributed by atoms with Gasteiger partial charge in [-0.25, -0.2) is 0 Å². The van der Waals surface area contributed by atoms with Crippen LogP contribution in [0.25, 0.3) is 0 Å². The highest BCUT2D eigenvalue weighted by Crippen LogP contribution is 2.28. The number of hydrogen-bond donors (Lipinski definition) is 1. The standard InChI is InChI=1S/C13H10ClIO2/c14-10-1-6-13(9(7-10)8-16)17-12-4-2-11(15)3-5-12/h1-7,16H,8H2. The van der Waals surface area contributed by atoms with Crippen LogP contribution in [0.15, 0.2) is 42.5 Å². The summed E-state index contributed by atoms with van der Waals surface area (Å²) in [7, 11) is 0. The average molecular weight is 361 g/mol. The summed E-state index contributed by atoms with van der Waals surface area (Å²) in [6, 6.07) is 12.9. The first-order chi connectivity index (χ1) is 8.19. The largest absolute Gasteiger partial charge is 0.457 e. The van der Waals surface area contributed by atoms with Crippen molar-refractivity contribution in [1.29, 1.82) is 0 Å². The van der Waals surface area contributed by atoms with Crippen molar-refractivity contribution in [2.75, 3.05) is 0 Å². The molecular formula is C13H10ClIO2. The smallest absolute Gasteiger partial charge is 0.133 e. The molecule has 4 heteroatoms. The molecule has 0 radical (unpaired) electrons. The monoisotopic (exact) mass is 360 g/mol. The highest BCUT2D eigenvalue weighted by molar-refractivity contribution is 14.1. The van der Waals surface area contributed by atoms with Gasteiger partial charge in [-0.3, -0.25) is 0 Å². The maximum atomic E-state index is 9.23. The average Bonchev–Trinajstić information content (AvgIpc) is 2.34. The Morgan fingerprint density at radius 1 is 1.12 bits per heavy atom. The highest BCUT2D eigenvalue weighted by Gasteiger charge is 2.05. The predicted molar refractivity (Wildman–Crippen MR) is 76.6 cm³/mol. The summed E-state index contributed by atoms with van der Waals surface area (Å²) in [5.74, 6) is 1.36. The van der Waals surface area contributed by atoms with Crippen LogP contribution >= 0.6 is 34.2 Å². The second kappa shape index (κ2) is 5.71. The maximum Gasteiger partial charge on any atom is 0.133 e. The Kier molecular flexibility index (Phi) is 4.25. The number of hydrogen-bond acceptors (Lipinski definition) is 2. The Bertz CT molecular complexity index is 511. The molecule has 0 fully saturated rings. The van der Waals surface area contributed by atoms with E-state index in [1.165, 1.54) is 0 Å². The lowest BCUT2D eigenvalue weighted by Crippen LogP contribution is -1.91. The second-order valence-electron chi connectivity index (χ2n) is 3.47.